The minimum Gasteiger partial charge on any atom is -0.493 e. The second kappa shape index (κ2) is 7.60. The Kier molecular flexibility index (Phi) is 5.49. The van der Waals surface area contributed by atoms with Crippen LogP contribution < -0.4 is 14.8 Å². The van der Waals surface area contributed by atoms with Gasteiger partial charge in [0.15, 0.2) is 16.6 Å². The van der Waals surface area contributed by atoms with E-state index >= 15 is 0 Å². The van der Waals surface area contributed by atoms with E-state index in [9.17, 15) is 0 Å². The van der Waals surface area contributed by atoms with E-state index in [2.05, 4.69) is 16.3 Å². The van der Waals surface area contributed by atoms with Gasteiger partial charge in [-0.15, -0.1) is 0 Å². The third kappa shape index (κ3) is 3.77. The molecule has 0 saturated heterocycles. The first-order chi connectivity index (χ1) is 11.6. The molecule has 0 aromatic heterocycles. The third-order valence-corrected chi connectivity index (χ3v) is 5.77. The summed E-state index contributed by atoms with van der Waals surface area (Å²) in [6, 6.07) is 6.65. The van der Waals surface area contributed by atoms with Crippen molar-refractivity contribution in [1.29, 1.82) is 0 Å². The lowest BCUT2D eigenvalue weighted by atomic mass is 9.95. The number of nitrogens with one attached hydrogen (secondary N) is 1. The molecule has 2 aliphatic carbocycles. The van der Waals surface area contributed by atoms with Crippen molar-refractivity contribution in [3.8, 4) is 11.5 Å². The van der Waals surface area contributed by atoms with Gasteiger partial charge in [0.25, 0.3) is 0 Å². The molecule has 2 saturated carbocycles. The first-order valence-electron chi connectivity index (χ1n) is 8.92. The van der Waals surface area contributed by atoms with Crippen LogP contribution in [0.5, 0.6) is 11.5 Å². The second-order valence-corrected chi connectivity index (χ2v) is 7.39. The van der Waals surface area contributed by atoms with Crippen LogP contribution in [0, 0.1) is 11.8 Å². The quantitative estimate of drug-likeness (QED) is 0.795. The van der Waals surface area contributed by atoms with Gasteiger partial charge in [-0.25, -0.2) is 0 Å². The molecule has 0 radical (unpaired) electrons. The summed E-state index contributed by atoms with van der Waals surface area (Å²) in [4.78, 5) is 2.11. The molecule has 2 bridgehead atoms. The SMILES string of the molecule is CCOc1ccc(CN(C)C(=S)N[C@@H]2C[C@H]3CC[C@H]2C3)cc1OC. The van der Waals surface area contributed by atoms with Crippen LogP contribution in [0.15, 0.2) is 18.2 Å². The predicted molar refractivity (Wildman–Crippen MR) is 101 cm³/mol. The summed E-state index contributed by atoms with van der Waals surface area (Å²) in [5.41, 5.74) is 1.16. The van der Waals surface area contributed by atoms with E-state index in [1.165, 1.54) is 25.7 Å². The van der Waals surface area contributed by atoms with Crippen molar-refractivity contribution in [1.82, 2.24) is 10.2 Å². The zero-order chi connectivity index (χ0) is 17.1. The molecule has 0 spiro atoms. The fourth-order valence-electron chi connectivity index (χ4n) is 4.12. The van der Waals surface area contributed by atoms with Crippen LogP contribution in [-0.2, 0) is 6.54 Å². The van der Waals surface area contributed by atoms with Crippen molar-refractivity contribution < 1.29 is 9.47 Å². The third-order valence-electron chi connectivity index (χ3n) is 5.34. The highest BCUT2D eigenvalue weighted by atomic mass is 32.1. The minimum absolute atomic E-state index is 0.577. The number of hydrogen-bond acceptors (Lipinski definition) is 3. The number of thiocarbonyl (C=S) groups is 1. The minimum atomic E-state index is 0.577. The molecular formula is C19H28N2O2S. The summed E-state index contributed by atoms with van der Waals surface area (Å²) in [6.07, 6.45) is 5.46. The second-order valence-electron chi connectivity index (χ2n) is 7.01. The molecule has 132 valence electrons. The number of fused-ring (bicyclic) bond motifs is 2. The number of methoxy groups -OCH3 is 1. The first kappa shape index (κ1) is 17.3. The topological polar surface area (TPSA) is 33.7 Å². The summed E-state index contributed by atoms with van der Waals surface area (Å²) in [7, 11) is 3.72. The van der Waals surface area contributed by atoms with Crippen LogP contribution >= 0.6 is 12.2 Å². The van der Waals surface area contributed by atoms with Crippen LogP contribution in [-0.4, -0.2) is 36.8 Å². The van der Waals surface area contributed by atoms with Crippen molar-refractivity contribution in [3.05, 3.63) is 23.8 Å². The predicted octanol–water partition coefficient (Wildman–Crippen LogP) is 3.59. The fourth-order valence-corrected chi connectivity index (χ4v) is 4.34. The average molecular weight is 349 g/mol. The van der Waals surface area contributed by atoms with Crippen LogP contribution in [0.1, 0.15) is 38.2 Å². The van der Waals surface area contributed by atoms with E-state index in [1.54, 1.807) is 7.11 Å². The van der Waals surface area contributed by atoms with Crippen molar-refractivity contribution in [2.45, 2.75) is 45.2 Å². The largest absolute Gasteiger partial charge is 0.493 e. The number of ether oxygens (including phenoxy) is 2. The van der Waals surface area contributed by atoms with E-state index in [-0.39, 0.29) is 0 Å². The summed E-state index contributed by atoms with van der Waals surface area (Å²) in [5.74, 6) is 3.31. The zero-order valence-electron chi connectivity index (χ0n) is 14.9. The van der Waals surface area contributed by atoms with Gasteiger partial charge < -0.3 is 19.7 Å². The van der Waals surface area contributed by atoms with Crippen LogP contribution in [0.3, 0.4) is 0 Å². The van der Waals surface area contributed by atoms with Gasteiger partial charge in [0, 0.05) is 19.6 Å². The highest BCUT2D eigenvalue weighted by Gasteiger charge is 2.39. The summed E-state index contributed by atoms with van der Waals surface area (Å²) in [5, 5.41) is 4.44. The Morgan fingerprint density at radius 2 is 2.12 bits per heavy atom. The molecule has 5 heteroatoms. The fraction of sp³-hybridized carbons (Fsp3) is 0.632. The highest BCUT2D eigenvalue weighted by Crippen LogP contribution is 2.44. The molecule has 0 amide bonds. The Morgan fingerprint density at radius 1 is 1.29 bits per heavy atom. The lowest BCUT2D eigenvalue weighted by Gasteiger charge is -2.28. The Balaban J connectivity index is 1.57. The van der Waals surface area contributed by atoms with E-state index < -0.39 is 0 Å². The lowest BCUT2D eigenvalue weighted by Crippen LogP contribution is -2.44. The maximum absolute atomic E-state index is 5.62. The van der Waals surface area contributed by atoms with E-state index in [0.29, 0.717) is 12.6 Å². The van der Waals surface area contributed by atoms with Gasteiger partial charge in [-0.2, -0.15) is 0 Å². The zero-order valence-corrected chi connectivity index (χ0v) is 15.7. The molecule has 4 nitrogen and oxygen atoms in total. The molecule has 3 rings (SSSR count). The van der Waals surface area contributed by atoms with E-state index in [0.717, 1.165) is 40.6 Å². The van der Waals surface area contributed by atoms with Crippen molar-refractivity contribution in [2.24, 2.45) is 11.8 Å². The molecular weight excluding hydrogens is 320 g/mol. The van der Waals surface area contributed by atoms with Crippen LogP contribution in [0.25, 0.3) is 0 Å². The Morgan fingerprint density at radius 3 is 2.75 bits per heavy atom. The van der Waals surface area contributed by atoms with Crippen molar-refractivity contribution in [3.63, 3.8) is 0 Å². The Hall–Kier alpha value is -1.49. The summed E-state index contributed by atoms with van der Waals surface area (Å²) in [6.45, 7) is 3.36. The van der Waals surface area contributed by atoms with Gasteiger partial charge in [0.1, 0.15) is 0 Å². The van der Waals surface area contributed by atoms with Gasteiger partial charge in [0.2, 0.25) is 0 Å². The molecule has 1 N–H and O–H groups in total. The molecule has 24 heavy (non-hydrogen) atoms. The van der Waals surface area contributed by atoms with Gasteiger partial charge >= 0.3 is 0 Å². The van der Waals surface area contributed by atoms with Crippen molar-refractivity contribution in [2.75, 3.05) is 20.8 Å². The average Bonchev–Trinajstić information content (AvgIpc) is 3.19. The lowest BCUT2D eigenvalue weighted by molar-refractivity contribution is 0.310. The standard InChI is InChI=1S/C19H28N2O2S/c1-4-23-17-8-6-14(11-18(17)22-3)12-21(2)19(24)20-16-10-13-5-7-15(16)9-13/h6,8,11,13,15-16H,4-5,7,9-10,12H2,1-3H3,(H,20,24)/t13-,15-,16+/m0/s1. The number of benzene rings is 1. The van der Waals surface area contributed by atoms with E-state index in [1.807, 2.05) is 26.1 Å². The monoisotopic (exact) mass is 348 g/mol. The number of rotatable bonds is 6. The van der Waals surface area contributed by atoms with Gasteiger partial charge in [-0.05, 0) is 67.9 Å². The van der Waals surface area contributed by atoms with Gasteiger partial charge in [0.05, 0.1) is 13.7 Å². The highest BCUT2D eigenvalue weighted by molar-refractivity contribution is 7.80. The summed E-state index contributed by atoms with van der Waals surface area (Å²) < 4.78 is 11.0. The van der Waals surface area contributed by atoms with Crippen molar-refractivity contribution >= 4 is 17.3 Å². The molecule has 0 heterocycles. The number of nitrogens with zero attached hydrogens (tertiary/aromatic N) is 1. The normalized spacial score (nSPS) is 24.7. The molecule has 2 fully saturated rings. The maximum Gasteiger partial charge on any atom is 0.169 e. The molecule has 1 aromatic carbocycles. The van der Waals surface area contributed by atoms with Crippen LogP contribution in [0.2, 0.25) is 0 Å². The van der Waals surface area contributed by atoms with Gasteiger partial charge in [-0.1, -0.05) is 12.5 Å². The first-order valence-corrected chi connectivity index (χ1v) is 9.32. The molecule has 3 atom stereocenters. The summed E-state index contributed by atoms with van der Waals surface area (Å²) >= 11 is 5.62. The molecule has 1 aromatic rings. The molecule has 0 unspecified atom stereocenters. The van der Waals surface area contributed by atoms with Gasteiger partial charge in [-0.3, -0.25) is 0 Å². The molecule has 0 aliphatic heterocycles. The van der Waals surface area contributed by atoms with Crippen LogP contribution in [0.4, 0.5) is 0 Å². The van der Waals surface area contributed by atoms with E-state index in [4.69, 9.17) is 21.7 Å². The Labute approximate surface area is 150 Å². The maximum atomic E-state index is 5.62. The smallest absolute Gasteiger partial charge is 0.169 e. The number of hydrogen-bond donors (Lipinski definition) is 1. The Bertz CT molecular complexity index is 593. The molecule has 2 aliphatic rings.